The van der Waals surface area contributed by atoms with Crippen molar-refractivity contribution in [3.8, 4) is 0 Å². The van der Waals surface area contributed by atoms with Crippen molar-refractivity contribution in [1.29, 1.82) is 0 Å². The van der Waals surface area contributed by atoms with E-state index >= 15 is 0 Å². The lowest BCUT2D eigenvalue weighted by Crippen LogP contribution is -2.20. The Morgan fingerprint density at radius 3 is 2.87 bits per heavy atom. The highest BCUT2D eigenvalue weighted by molar-refractivity contribution is 5.27. The fourth-order valence-electron chi connectivity index (χ4n) is 1.90. The largest absolute Gasteiger partial charge is 0.381 e. The zero-order chi connectivity index (χ0) is 10.8. The van der Waals surface area contributed by atoms with Crippen molar-refractivity contribution in [2.75, 3.05) is 13.2 Å². The molecule has 0 N–H and O–H groups in total. The van der Waals surface area contributed by atoms with E-state index in [0.717, 1.165) is 12.8 Å². The summed E-state index contributed by atoms with van der Waals surface area (Å²) < 4.78 is 6.89. The summed E-state index contributed by atoms with van der Waals surface area (Å²) in [4.78, 5) is 14.5. The normalized spacial score (nSPS) is 17.9. The van der Waals surface area contributed by atoms with E-state index in [4.69, 9.17) is 4.74 Å². The highest BCUT2D eigenvalue weighted by Gasteiger charge is 2.27. The van der Waals surface area contributed by atoms with Crippen LogP contribution >= 0.6 is 0 Å². The van der Waals surface area contributed by atoms with E-state index in [9.17, 15) is 10.1 Å². The number of aromatic nitrogens is 2. The lowest BCUT2D eigenvalue weighted by Gasteiger charge is -2.20. The Morgan fingerprint density at radius 2 is 2.27 bits per heavy atom. The summed E-state index contributed by atoms with van der Waals surface area (Å²) in [5.74, 6) is 0.113. The second-order valence-corrected chi connectivity index (χ2v) is 3.66. The predicted molar refractivity (Wildman–Crippen MR) is 52.7 cm³/mol. The Bertz CT molecular complexity index is 369. The second kappa shape index (κ2) is 3.98. The van der Waals surface area contributed by atoms with E-state index in [0.29, 0.717) is 18.9 Å². The van der Waals surface area contributed by atoms with Crippen LogP contribution in [-0.2, 0) is 4.74 Å². The summed E-state index contributed by atoms with van der Waals surface area (Å²) >= 11 is 0. The van der Waals surface area contributed by atoms with E-state index in [1.54, 1.807) is 17.8 Å². The standard InChI is InChI=1S/C9H13N3O3/c1-7-9(12(13)14)11(6-10-7)8-2-4-15-5-3-8/h6,8H,2-5H2,1H3. The zero-order valence-corrected chi connectivity index (χ0v) is 8.55. The molecule has 1 aromatic rings. The van der Waals surface area contributed by atoms with Crippen molar-refractivity contribution in [3.63, 3.8) is 0 Å². The molecule has 1 fully saturated rings. The highest BCUT2D eigenvalue weighted by atomic mass is 16.6. The zero-order valence-electron chi connectivity index (χ0n) is 8.55. The van der Waals surface area contributed by atoms with Gasteiger partial charge in [0.15, 0.2) is 6.33 Å². The average Bonchev–Trinajstić information content (AvgIpc) is 2.61. The third-order valence-electron chi connectivity index (χ3n) is 2.70. The van der Waals surface area contributed by atoms with Crippen LogP contribution in [0.25, 0.3) is 0 Å². The van der Waals surface area contributed by atoms with Crippen LogP contribution in [0.5, 0.6) is 0 Å². The fourth-order valence-corrected chi connectivity index (χ4v) is 1.90. The predicted octanol–water partition coefficient (Wildman–Crippen LogP) is 1.45. The summed E-state index contributed by atoms with van der Waals surface area (Å²) in [5, 5.41) is 10.9. The van der Waals surface area contributed by atoms with E-state index in [-0.39, 0.29) is 16.8 Å². The van der Waals surface area contributed by atoms with Crippen LogP contribution in [0.3, 0.4) is 0 Å². The van der Waals surface area contributed by atoms with Gasteiger partial charge in [-0.2, -0.15) is 0 Å². The monoisotopic (exact) mass is 211 g/mol. The Kier molecular flexibility index (Phi) is 2.68. The average molecular weight is 211 g/mol. The van der Waals surface area contributed by atoms with Crippen LogP contribution < -0.4 is 0 Å². The highest BCUT2D eigenvalue weighted by Crippen LogP contribution is 2.27. The summed E-state index contributed by atoms with van der Waals surface area (Å²) in [7, 11) is 0. The molecule has 2 rings (SSSR count). The van der Waals surface area contributed by atoms with E-state index in [1.165, 1.54) is 0 Å². The van der Waals surface area contributed by atoms with Gasteiger partial charge in [-0.05, 0) is 11.8 Å². The van der Waals surface area contributed by atoms with Crippen LogP contribution in [0, 0.1) is 17.0 Å². The van der Waals surface area contributed by atoms with E-state index in [2.05, 4.69) is 4.98 Å². The van der Waals surface area contributed by atoms with Crippen molar-refractivity contribution >= 4 is 5.82 Å². The molecule has 0 radical (unpaired) electrons. The van der Waals surface area contributed by atoms with Gasteiger partial charge in [-0.25, -0.2) is 9.55 Å². The first-order chi connectivity index (χ1) is 7.20. The van der Waals surface area contributed by atoms with Gasteiger partial charge in [0.25, 0.3) is 0 Å². The summed E-state index contributed by atoms with van der Waals surface area (Å²) in [6, 6.07) is 0.153. The molecular weight excluding hydrogens is 198 g/mol. The molecule has 0 amide bonds. The van der Waals surface area contributed by atoms with Crippen molar-refractivity contribution < 1.29 is 9.66 Å². The Morgan fingerprint density at radius 1 is 1.60 bits per heavy atom. The molecule has 0 saturated carbocycles. The lowest BCUT2D eigenvalue weighted by atomic mass is 10.1. The number of aryl methyl sites for hydroxylation is 1. The number of rotatable bonds is 2. The molecule has 0 atom stereocenters. The molecule has 2 heterocycles. The number of imidazole rings is 1. The fraction of sp³-hybridized carbons (Fsp3) is 0.667. The van der Waals surface area contributed by atoms with Crippen LogP contribution in [0.2, 0.25) is 0 Å². The van der Waals surface area contributed by atoms with Crippen molar-refractivity contribution in [1.82, 2.24) is 9.55 Å². The quantitative estimate of drug-likeness (QED) is 0.548. The Labute approximate surface area is 87.0 Å². The molecule has 0 aliphatic carbocycles. The Balaban J connectivity index is 2.30. The smallest absolute Gasteiger partial charge is 0.345 e. The van der Waals surface area contributed by atoms with Gasteiger partial charge in [-0.15, -0.1) is 0 Å². The molecule has 0 spiro atoms. The van der Waals surface area contributed by atoms with Crippen LogP contribution in [0.4, 0.5) is 5.82 Å². The van der Waals surface area contributed by atoms with Crippen LogP contribution in [0.15, 0.2) is 6.33 Å². The molecule has 1 aliphatic heterocycles. The molecule has 15 heavy (non-hydrogen) atoms. The van der Waals surface area contributed by atoms with Crippen LogP contribution in [0.1, 0.15) is 24.6 Å². The van der Waals surface area contributed by atoms with Crippen molar-refractivity contribution in [3.05, 3.63) is 22.1 Å². The van der Waals surface area contributed by atoms with Gasteiger partial charge < -0.3 is 14.9 Å². The lowest BCUT2D eigenvalue weighted by molar-refractivity contribution is -0.393. The van der Waals surface area contributed by atoms with Crippen molar-refractivity contribution in [2.45, 2.75) is 25.8 Å². The molecule has 0 unspecified atom stereocenters. The first kappa shape index (κ1) is 10.1. The molecule has 0 aromatic carbocycles. The number of hydrogen-bond acceptors (Lipinski definition) is 4. The molecule has 1 saturated heterocycles. The summed E-state index contributed by atoms with van der Waals surface area (Å²) in [6.45, 7) is 2.99. The molecule has 6 heteroatoms. The maximum absolute atomic E-state index is 10.9. The number of nitrogens with zero attached hydrogens (tertiary/aromatic N) is 3. The first-order valence-corrected chi connectivity index (χ1v) is 4.95. The maximum atomic E-state index is 10.9. The second-order valence-electron chi connectivity index (χ2n) is 3.66. The summed E-state index contributed by atoms with van der Waals surface area (Å²) in [6.07, 6.45) is 3.19. The molecule has 1 aliphatic rings. The van der Waals surface area contributed by atoms with Gasteiger partial charge in [-0.3, -0.25) is 0 Å². The third kappa shape index (κ3) is 1.85. The van der Waals surface area contributed by atoms with Gasteiger partial charge in [0.1, 0.15) is 11.7 Å². The minimum Gasteiger partial charge on any atom is -0.381 e. The maximum Gasteiger partial charge on any atom is 0.345 e. The summed E-state index contributed by atoms with van der Waals surface area (Å²) in [5.41, 5.74) is 0.478. The first-order valence-electron chi connectivity index (χ1n) is 4.95. The molecule has 82 valence electrons. The number of nitro groups is 1. The molecule has 1 aromatic heterocycles. The van der Waals surface area contributed by atoms with E-state index < -0.39 is 0 Å². The third-order valence-corrected chi connectivity index (χ3v) is 2.70. The van der Waals surface area contributed by atoms with Gasteiger partial charge >= 0.3 is 5.82 Å². The minimum atomic E-state index is -0.363. The Hall–Kier alpha value is -1.43. The topological polar surface area (TPSA) is 70.2 Å². The van der Waals surface area contributed by atoms with Gasteiger partial charge in [-0.1, -0.05) is 0 Å². The van der Waals surface area contributed by atoms with Gasteiger partial charge in [0, 0.05) is 12.8 Å². The molecule has 6 nitrogen and oxygen atoms in total. The minimum absolute atomic E-state index is 0.113. The molecular formula is C9H13N3O3. The molecule has 0 bridgehead atoms. The van der Waals surface area contributed by atoms with Crippen LogP contribution in [-0.4, -0.2) is 27.7 Å². The number of ether oxygens (including phenoxy) is 1. The van der Waals surface area contributed by atoms with Crippen molar-refractivity contribution in [2.24, 2.45) is 0 Å². The SMILES string of the molecule is Cc1ncn(C2CCOCC2)c1[N+](=O)[O-]. The van der Waals surface area contributed by atoms with Gasteiger partial charge in [0.2, 0.25) is 0 Å². The number of hydrogen-bond donors (Lipinski definition) is 0. The van der Waals surface area contributed by atoms with Gasteiger partial charge in [0.05, 0.1) is 13.2 Å². The van der Waals surface area contributed by atoms with E-state index in [1.807, 2.05) is 0 Å².